The quantitative estimate of drug-likeness (QED) is 0.448. The van der Waals surface area contributed by atoms with Gasteiger partial charge < -0.3 is 15.0 Å². The zero-order chi connectivity index (χ0) is 22.3. The highest BCUT2D eigenvalue weighted by Gasteiger charge is 2.50. The third-order valence-electron chi connectivity index (χ3n) is 6.08. The molecule has 5 rings (SSSR count). The van der Waals surface area contributed by atoms with Gasteiger partial charge in [0.05, 0.1) is 12.1 Å². The number of anilines is 1. The Morgan fingerprint density at radius 3 is 2.66 bits per heavy atom. The number of hydrogen-bond donors (Lipinski definition) is 2. The largest absolute Gasteiger partial charge is 0.375 e. The minimum Gasteiger partial charge on any atom is -0.375 e. The maximum atomic E-state index is 13.6. The number of aromatic amines is 1. The molecule has 5 nitrogen and oxygen atoms in total. The van der Waals surface area contributed by atoms with Crippen LogP contribution in [-0.2, 0) is 16.8 Å². The van der Waals surface area contributed by atoms with Crippen molar-refractivity contribution < 1.29 is 19.1 Å². The van der Waals surface area contributed by atoms with Crippen LogP contribution in [0.15, 0.2) is 79.0 Å². The van der Waals surface area contributed by atoms with Gasteiger partial charge in [0.1, 0.15) is 5.82 Å². The molecule has 32 heavy (non-hydrogen) atoms. The number of carbonyl (C=O) groups is 2. The van der Waals surface area contributed by atoms with Crippen LogP contribution in [0, 0.1) is 5.82 Å². The van der Waals surface area contributed by atoms with Crippen LogP contribution in [0.25, 0.3) is 10.9 Å². The van der Waals surface area contributed by atoms with Gasteiger partial charge >= 0.3 is 0 Å². The molecule has 1 unspecified atom stereocenters. The zero-order valence-corrected chi connectivity index (χ0v) is 17.2. The van der Waals surface area contributed by atoms with E-state index >= 15 is 0 Å². The Labute approximate surface area is 184 Å². The number of fused-ring (bicyclic) bond motifs is 2. The standard InChI is InChI=1S/C26H21FN2O3/c27-19-7-5-6-17(14-19)24(30)15-26(32)21-9-2-4-11-23(21)29(25(26)31)13-12-18-16-28-22-10-3-1-8-20(18)22/h1-11,14,16,28,32H,12-13,15H2. The second kappa shape index (κ2) is 7.73. The highest BCUT2D eigenvalue weighted by atomic mass is 19.1. The number of nitrogens with one attached hydrogen (secondary N) is 1. The Balaban J connectivity index is 1.43. The number of aliphatic hydroxyl groups is 1. The molecule has 0 saturated heterocycles. The van der Waals surface area contributed by atoms with E-state index in [1.54, 1.807) is 24.3 Å². The molecule has 0 radical (unpaired) electrons. The number of para-hydroxylation sites is 2. The van der Waals surface area contributed by atoms with Gasteiger partial charge in [-0.05, 0) is 36.2 Å². The number of Topliss-reactive ketones (excluding diaryl/α,β-unsaturated/α-hetero) is 1. The molecule has 1 aliphatic heterocycles. The zero-order valence-electron chi connectivity index (χ0n) is 17.2. The van der Waals surface area contributed by atoms with Crippen molar-refractivity contribution in [3.05, 3.63) is 102 Å². The van der Waals surface area contributed by atoms with Crippen molar-refractivity contribution in [1.29, 1.82) is 0 Å². The van der Waals surface area contributed by atoms with Crippen LogP contribution >= 0.6 is 0 Å². The molecule has 3 aromatic carbocycles. The summed E-state index contributed by atoms with van der Waals surface area (Å²) in [7, 11) is 0. The predicted octanol–water partition coefficient (Wildman–Crippen LogP) is 4.36. The summed E-state index contributed by atoms with van der Waals surface area (Å²) in [5.41, 5.74) is 1.21. The Morgan fingerprint density at radius 1 is 1.03 bits per heavy atom. The predicted molar refractivity (Wildman–Crippen MR) is 120 cm³/mol. The maximum absolute atomic E-state index is 13.6. The van der Waals surface area contributed by atoms with Gasteiger partial charge in [0, 0.05) is 34.8 Å². The first kappa shape index (κ1) is 20.2. The summed E-state index contributed by atoms with van der Waals surface area (Å²) in [6.45, 7) is 0.355. The van der Waals surface area contributed by atoms with Crippen molar-refractivity contribution in [2.75, 3.05) is 11.4 Å². The first-order valence-electron chi connectivity index (χ1n) is 10.4. The summed E-state index contributed by atoms with van der Waals surface area (Å²) in [6.07, 6.45) is 2.06. The fourth-order valence-electron chi connectivity index (χ4n) is 4.47. The van der Waals surface area contributed by atoms with Crippen LogP contribution in [0.2, 0.25) is 0 Å². The summed E-state index contributed by atoms with van der Waals surface area (Å²) in [6, 6.07) is 20.2. The SMILES string of the molecule is O=C(CC1(O)C(=O)N(CCc2c[nH]c3ccccc23)c2ccccc21)c1cccc(F)c1. The molecular weight excluding hydrogens is 407 g/mol. The van der Waals surface area contributed by atoms with Crippen molar-refractivity contribution in [3.63, 3.8) is 0 Å². The summed E-state index contributed by atoms with van der Waals surface area (Å²) in [4.78, 5) is 31.0. The number of amides is 1. The molecule has 0 bridgehead atoms. The van der Waals surface area contributed by atoms with Crippen LogP contribution in [-0.4, -0.2) is 28.3 Å². The van der Waals surface area contributed by atoms with Gasteiger partial charge in [0.25, 0.3) is 5.91 Å². The van der Waals surface area contributed by atoms with Gasteiger partial charge in [-0.25, -0.2) is 4.39 Å². The van der Waals surface area contributed by atoms with Crippen LogP contribution < -0.4 is 4.90 Å². The van der Waals surface area contributed by atoms with Gasteiger partial charge in [0.15, 0.2) is 11.4 Å². The second-order valence-corrected chi connectivity index (χ2v) is 8.05. The third-order valence-corrected chi connectivity index (χ3v) is 6.08. The van der Waals surface area contributed by atoms with Crippen LogP contribution in [0.1, 0.15) is 27.9 Å². The van der Waals surface area contributed by atoms with E-state index in [9.17, 15) is 19.1 Å². The fourth-order valence-corrected chi connectivity index (χ4v) is 4.47. The minimum absolute atomic E-state index is 0.126. The highest BCUT2D eigenvalue weighted by molar-refractivity contribution is 6.10. The average molecular weight is 428 g/mol. The van der Waals surface area contributed by atoms with Crippen molar-refractivity contribution >= 4 is 28.3 Å². The number of H-pyrrole nitrogens is 1. The van der Waals surface area contributed by atoms with E-state index < -0.39 is 29.5 Å². The molecule has 2 heterocycles. The monoisotopic (exact) mass is 428 g/mol. The van der Waals surface area contributed by atoms with Crippen molar-refractivity contribution in [2.45, 2.75) is 18.4 Å². The lowest BCUT2D eigenvalue weighted by Crippen LogP contribution is -2.42. The first-order valence-corrected chi connectivity index (χ1v) is 10.4. The van der Waals surface area contributed by atoms with E-state index in [2.05, 4.69) is 4.98 Å². The van der Waals surface area contributed by atoms with Gasteiger partial charge in [-0.2, -0.15) is 0 Å². The number of rotatable bonds is 6. The Morgan fingerprint density at radius 2 is 1.81 bits per heavy atom. The number of ketones is 1. The Kier molecular flexibility index (Phi) is 4.87. The van der Waals surface area contributed by atoms with Crippen molar-refractivity contribution in [2.24, 2.45) is 0 Å². The first-order chi connectivity index (χ1) is 15.5. The molecule has 0 spiro atoms. The summed E-state index contributed by atoms with van der Waals surface area (Å²) in [5, 5.41) is 12.5. The molecule has 0 fully saturated rings. The minimum atomic E-state index is -1.99. The number of benzene rings is 3. The highest BCUT2D eigenvalue weighted by Crippen LogP contribution is 2.43. The van der Waals surface area contributed by atoms with Crippen molar-refractivity contribution in [3.8, 4) is 0 Å². The molecule has 1 aromatic heterocycles. The summed E-state index contributed by atoms with van der Waals surface area (Å²) < 4.78 is 13.6. The molecule has 0 saturated carbocycles. The second-order valence-electron chi connectivity index (χ2n) is 8.05. The van der Waals surface area contributed by atoms with Crippen LogP contribution in [0.5, 0.6) is 0 Å². The average Bonchev–Trinajstić information content (AvgIpc) is 3.30. The molecule has 1 atom stereocenters. The number of aromatic nitrogens is 1. The van der Waals surface area contributed by atoms with E-state index in [4.69, 9.17) is 0 Å². The van der Waals surface area contributed by atoms with E-state index in [0.29, 0.717) is 24.2 Å². The van der Waals surface area contributed by atoms with Gasteiger partial charge in [-0.15, -0.1) is 0 Å². The van der Waals surface area contributed by atoms with E-state index in [1.807, 2.05) is 30.5 Å². The number of carbonyl (C=O) groups excluding carboxylic acids is 2. The Bertz CT molecular complexity index is 1350. The normalized spacial score (nSPS) is 17.7. The van der Waals surface area contributed by atoms with Crippen LogP contribution in [0.3, 0.4) is 0 Å². The fraction of sp³-hybridized carbons (Fsp3) is 0.154. The topological polar surface area (TPSA) is 73.4 Å². The van der Waals surface area contributed by atoms with E-state index in [-0.39, 0.29) is 5.56 Å². The number of nitrogens with zero attached hydrogens (tertiary/aromatic N) is 1. The van der Waals surface area contributed by atoms with Gasteiger partial charge in [-0.1, -0.05) is 48.5 Å². The third kappa shape index (κ3) is 3.29. The molecular formula is C26H21FN2O3. The molecule has 2 N–H and O–H groups in total. The lowest BCUT2D eigenvalue weighted by atomic mass is 9.88. The molecule has 6 heteroatoms. The Hall–Kier alpha value is -3.77. The molecule has 1 aliphatic rings. The molecule has 4 aromatic rings. The van der Waals surface area contributed by atoms with E-state index in [1.165, 1.54) is 23.1 Å². The van der Waals surface area contributed by atoms with Gasteiger partial charge in [-0.3, -0.25) is 9.59 Å². The van der Waals surface area contributed by atoms with E-state index in [0.717, 1.165) is 22.5 Å². The van der Waals surface area contributed by atoms with Gasteiger partial charge in [0.2, 0.25) is 0 Å². The molecule has 160 valence electrons. The number of halogens is 1. The molecule has 1 amide bonds. The molecule has 0 aliphatic carbocycles. The summed E-state index contributed by atoms with van der Waals surface area (Å²) in [5.74, 6) is -1.57. The summed E-state index contributed by atoms with van der Waals surface area (Å²) >= 11 is 0. The lowest BCUT2D eigenvalue weighted by molar-refractivity contribution is -0.135. The smallest absolute Gasteiger partial charge is 0.264 e. The maximum Gasteiger partial charge on any atom is 0.264 e. The lowest BCUT2D eigenvalue weighted by Gasteiger charge is -2.23. The number of hydrogen-bond acceptors (Lipinski definition) is 3. The van der Waals surface area contributed by atoms with Crippen LogP contribution in [0.4, 0.5) is 10.1 Å². The van der Waals surface area contributed by atoms with Crippen molar-refractivity contribution in [1.82, 2.24) is 4.98 Å².